The lowest BCUT2D eigenvalue weighted by Crippen LogP contribution is -2.37. The number of hydrogen-bond acceptors (Lipinski definition) is 6. The Bertz CT molecular complexity index is 1010. The minimum atomic E-state index is -3.35. The summed E-state index contributed by atoms with van der Waals surface area (Å²) in [5.41, 5.74) is 1.38. The molecule has 2 aromatic carbocycles. The van der Waals surface area contributed by atoms with Gasteiger partial charge in [0.05, 0.1) is 25.2 Å². The number of nitrogens with one attached hydrogen (secondary N) is 1. The molecule has 1 amide bonds. The van der Waals surface area contributed by atoms with Crippen LogP contribution in [0, 0.1) is 0 Å². The lowest BCUT2D eigenvalue weighted by molar-refractivity contribution is -0.128. The number of nitrogens with zero attached hydrogens (tertiary/aromatic N) is 1. The smallest absolute Gasteiger partial charge is 0.261 e. The van der Waals surface area contributed by atoms with Crippen molar-refractivity contribution in [2.24, 2.45) is 0 Å². The van der Waals surface area contributed by atoms with E-state index in [9.17, 15) is 13.2 Å². The molecule has 1 unspecified atom stereocenters. The van der Waals surface area contributed by atoms with Crippen LogP contribution in [0.2, 0.25) is 0 Å². The number of sulfonamides is 1. The Morgan fingerprint density at radius 3 is 2.25 bits per heavy atom. The molecular weight excluding hydrogens is 432 g/mol. The third kappa shape index (κ3) is 7.05. The number of rotatable bonds is 11. The summed E-state index contributed by atoms with van der Waals surface area (Å²) in [6.07, 6.45) is 0.952. The Morgan fingerprint density at radius 1 is 1.06 bits per heavy atom. The number of anilines is 1. The molecule has 0 heterocycles. The lowest BCUT2D eigenvalue weighted by Gasteiger charge is -2.20. The van der Waals surface area contributed by atoms with E-state index in [0.717, 1.165) is 11.8 Å². The summed E-state index contributed by atoms with van der Waals surface area (Å²) >= 11 is 0. The van der Waals surface area contributed by atoms with Crippen LogP contribution in [0.25, 0.3) is 0 Å². The van der Waals surface area contributed by atoms with E-state index in [1.165, 1.54) is 11.4 Å². The van der Waals surface area contributed by atoms with Crippen molar-refractivity contribution in [3.8, 4) is 17.2 Å². The number of benzene rings is 2. The summed E-state index contributed by atoms with van der Waals surface area (Å²) in [6.45, 7) is 6.05. The monoisotopic (exact) mass is 464 g/mol. The fourth-order valence-electron chi connectivity index (χ4n) is 2.89. The number of carbonyl (C=O) groups is 1. The van der Waals surface area contributed by atoms with Crippen LogP contribution in [0.15, 0.2) is 42.5 Å². The van der Waals surface area contributed by atoms with E-state index in [4.69, 9.17) is 14.2 Å². The normalized spacial score (nSPS) is 12.2. The van der Waals surface area contributed by atoms with Gasteiger partial charge in [0.2, 0.25) is 10.0 Å². The molecule has 0 aliphatic heterocycles. The van der Waals surface area contributed by atoms with Gasteiger partial charge in [-0.2, -0.15) is 0 Å². The summed E-state index contributed by atoms with van der Waals surface area (Å²) in [7, 11) is -0.296. The zero-order chi connectivity index (χ0) is 23.9. The molecule has 0 fully saturated rings. The van der Waals surface area contributed by atoms with E-state index in [-0.39, 0.29) is 12.0 Å². The molecular formula is C23H32N2O6S. The van der Waals surface area contributed by atoms with Crippen LogP contribution in [0.3, 0.4) is 0 Å². The highest BCUT2D eigenvalue weighted by Crippen LogP contribution is 2.29. The highest BCUT2D eigenvalue weighted by molar-refractivity contribution is 7.92. The van der Waals surface area contributed by atoms with Gasteiger partial charge in [0, 0.05) is 13.6 Å². The first kappa shape index (κ1) is 25.3. The standard InChI is InChI=1S/C23H32N2O6S/c1-7-20(31-19-11-9-18(10-12-19)25(4)32(6,27)28)23(26)24-15-17-8-13-21(30-16(2)3)22(14-17)29-5/h8-14,16,20H,7,15H2,1-6H3,(H,24,26). The molecule has 9 heteroatoms. The van der Waals surface area contributed by atoms with Gasteiger partial charge in [-0.1, -0.05) is 13.0 Å². The average Bonchev–Trinajstić information content (AvgIpc) is 2.75. The Kier molecular flexibility index (Phi) is 8.77. The van der Waals surface area contributed by atoms with Crippen LogP contribution >= 0.6 is 0 Å². The third-order valence-corrected chi connectivity index (χ3v) is 5.90. The van der Waals surface area contributed by atoms with Crippen molar-refractivity contribution in [1.82, 2.24) is 5.32 Å². The predicted octanol–water partition coefficient (Wildman–Crippen LogP) is 3.35. The molecule has 2 aromatic rings. The van der Waals surface area contributed by atoms with Gasteiger partial charge in [-0.25, -0.2) is 8.42 Å². The van der Waals surface area contributed by atoms with E-state index >= 15 is 0 Å². The zero-order valence-electron chi connectivity index (χ0n) is 19.4. The lowest BCUT2D eigenvalue weighted by atomic mass is 10.2. The van der Waals surface area contributed by atoms with Gasteiger partial charge >= 0.3 is 0 Å². The van der Waals surface area contributed by atoms with Gasteiger partial charge in [-0.3, -0.25) is 9.10 Å². The summed E-state index contributed by atoms with van der Waals surface area (Å²) in [4.78, 5) is 12.6. The number of amides is 1. The molecule has 1 atom stereocenters. The quantitative estimate of drug-likeness (QED) is 0.548. The second-order valence-electron chi connectivity index (χ2n) is 7.61. The first-order chi connectivity index (χ1) is 15.0. The second-order valence-corrected chi connectivity index (χ2v) is 9.62. The van der Waals surface area contributed by atoms with E-state index in [0.29, 0.717) is 35.9 Å². The van der Waals surface area contributed by atoms with Gasteiger partial charge in [0.1, 0.15) is 5.75 Å². The van der Waals surface area contributed by atoms with Crippen LogP contribution in [-0.4, -0.2) is 46.9 Å². The molecule has 0 aliphatic carbocycles. The molecule has 176 valence electrons. The molecule has 0 saturated heterocycles. The maximum Gasteiger partial charge on any atom is 0.261 e. The van der Waals surface area contributed by atoms with Gasteiger partial charge in [-0.05, 0) is 62.2 Å². The van der Waals surface area contributed by atoms with Crippen molar-refractivity contribution in [2.75, 3.05) is 24.7 Å². The maximum atomic E-state index is 12.6. The molecule has 8 nitrogen and oxygen atoms in total. The van der Waals surface area contributed by atoms with Gasteiger partial charge in [0.25, 0.3) is 5.91 Å². The largest absolute Gasteiger partial charge is 0.493 e. The average molecular weight is 465 g/mol. The molecule has 0 bridgehead atoms. The topological polar surface area (TPSA) is 94.2 Å². The molecule has 0 saturated carbocycles. The highest BCUT2D eigenvalue weighted by Gasteiger charge is 2.19. The number of hydrogen-bond donors (Lipinski definition) is 1. The van der Waals surface area contributed by atoms with Gasteiger partial charge in [0.15, 0.2) is 17.6 Å². The van der Waals surface area contributed by atoms with Crippen LogP contribution < -0.4 is 23.8 Å². The van der Waals surface area contributed by atoms with Crippen molar-refractivity contribution in [2.45, 2.75) is 45.9 Å². The van der Waals surface area contributed by atoms with Crippen LogP contribution in [0.1, 0.15) is 32.8 Å². The molecule has 2 rings (SSSR count). The SMILES string of the molecule is CCC(Oc1ccc(N(C)S(C)(=O)=O)cc1)C(=O)NCc1ccc(OC(C)C)c(OC)c1. The van der Waals surface area contributed by atoms with Crippen molar-refractivity contribution in [3.05, 3.63) is 48.0 Å². The van der Waals surface area contributed by atoms with E-state index < -0.39 is 16.1 Å². The number of ether oxygens (including phenoxy) is 3. The Balaban J connectivity index is 2.00. The minimum absolute atomic E-state index is 0.0257. The first-order valence-electron chi connectivity index (χ1n) is 10.4. The van der Waals surface area contributed by atoms with Crippen molar-refractivity contribution in [3.63, 3.8) is 0 Å². The zero-order valence-corrected chi connectivity index (χ0v) is 20.2. The van der Waals surface area contributed by atoms with Crippen molar-refractivity contribution >= 4 is 21.6 Å². The molecule has 0 aromatic heterocycles. The Morgan fingerprint density at radius 2 is 1.72 bits per heavy atom. The number of methoxy groups -OCH3 is 1. The molecule has 1 N–H and O–H groups in total. The summed E-state index contributed by atoms with van der Waals surface area (Å²) < 4.78 is 41.4. The second kappa shape index (κ2) is 11.1. The van der Waals surface area contributed by atoms with E-state index in [1.54, 1.807) is 31.4 Å². The van der Waals surface area contributed by atoms with Crippen molar-refractivity contribution < 1.29 is 27.4 Å². The molecule has 0 radical (unpaired) electrons. The molecule has 32 heavy (non-hydrogen) atoms. The first-order valence-corrected chi connectivity index (χ1v) is 12.2. The van der Waals surface area contributed by atoms with Crippen LogP contribution in [0.4, 0.5) is 5.69 Å². The predicted molar refractivity (Wildman–Crippen MR) is 125 cm³/mol. The third-order valence-electron chi connectivity index (χ3n) is 4.70. The van der Waals surface area contributed by atoms with Crippen molar-refractivity contribution in [1.29, 1.82) is 0 Å². The maximum absolute atomic E-state index is 12.6. The summed E-state index contributed by atoms with van der Waals surface area (Å²) in [6, 6.07) is 12.1. The van der Waals surface area contributed by atoms with E-state index in [1.807, 2.05) is 39.0 Å². The molecule has 0 aliphatic rings. The van der Waals surface area contributed by atoms with Gasteiger partial charge in [-0.15, -0.1) is 0 Å². The van der Waals surface area contributed by atoms with Gasteiger partial charge < -0.3 is 19.5 Å². The Hall–Kier alpha value is -2.94. The fourth-order valence-corrected chi connectivity index (χ4v) is 3.39. The fraction of sp³-hybridized carbons (Fsp3) is 0.435. The number of carbonyl (C=O) groups excluding carboxylic acids is 1. The van der Waals surface area contributed by atoms with E-state index in [2.05, 4.69) is 5.32 Å². The van der Waals surface area contributed by atoms with Crippen LogP contribution in [-0.2, 0) is 21.4 Å². The Labute approximate surface area is 190 Å². The van der Waals surface area contributed by atoms with Crippen LogP contribution in [0.5, 0.6) is 17.2 Å². The summed E-state index contributed by atoms with van der Waals surface area (Å²) in [5, 5.41) is 2.88. The highest BCUT2D eigenvalue weighted by atomic mass is 32.2. The summed E-state index contributed by atoms with van der Waals surface area (Å²) in [5.74, 6) is 1.49. The minimum Gasteiger partial charge on any atom is -0.493 e. The molecule has 0 spiro atoms.